The van der Waals surface area contributed by atoms with Crippen molar-refractivity contribution in [3.63, 3.8) is 0 Å². The first kappa shape index (κ1) is 14.4. The highest BCUT2D eigenvalue weighted by molar-refractivity contribution is 5.97. The van der Waals surface area contributed by atoms with E-state index in [1.54, 1.807) is 0 Å². The molecule has 1 aliphatic heterocycles. The third kappa shape index (κ3) is 2.44. The molecular formula is C20H21NO2. The molecule has 23 heavy (non-hydrogen) atoms. The van der Waals surface area contributed by atoms with E-state index in [0.29, 0.717) is 6.42 Å². The van der Waals surface area contributed by atoms with Crippen LogP contribution in [0.3, 0.4) is 0 Å². The molecule has 1 aromatic heterocycles. The molecule has 0 fully saturated rings. The Kier molecular flexibility index (Phi) is 3.44. The van der Waals surface area contributed by atoms with Crippen LogP contribution in [0.2, 0.25) is 0 Å². The fourth-order valence-corrected chi connectivity index (χ4v) is 3.66. The van der Waals surface area contributed by atoms with E-state index in [0.717, 1.165) is 53.9 Å². The zero-order chi connectivity index (χ0) is 16.0. The van der Waals surface area contributed by atoms with Crippen molar-refractivity contribution in [2.45, 2.75) is 52.1 Å². The molecule has 2 aromatic rings. The maximum absolute atomic E-state index is 12.2. The molecule has 1 aliphatic carbocycles. The number of benzene rings is 1. The summed E-state index contributed by atoms with van der Waals surface area (Å²) in [6, 6.07) is 8.17. The van der Waals surface area contributed by atoms with Gasteiger partial charge in [0.15, 0.2) is 5.78 Å². The molecule has 0 saturated carbocycles. The summed E-state index contributed by atoms with van der Waals surface area (Å²) in [4.78, 5) is 17.0. The molecule has 3 nitrogen and oxygen atoms in total. The van der Waals surface area contributed by atoms with Crippen molar-refractivity contribution in [1.29, 1.82) is 0 Å². The van der Waals surface area contributed by atoms with Crippen molar-refractivity contribution in [2.75, 3.05) is 0 Å². The Morgan fingerprint density at radius 3 is 2.74 bits per heavy atom. The summed E-state index contributed by atoms with van der Waals surface area (Å²) in [6.07, 6.45) is 4.71. The lowest BCUT2D eigenvalue weighted by Crippen LogP contribution is -2.06. The van der Waals surface area contributed by atoms with Gasteiger partial charge in [-0.1, -0.05) is 6.07 Å². The first-order valence-electron chi connectivity index (χ1n) is 8.46. The smallest absolute Gasteiger partial charge is 0.164 e. The highest BCUT2D eigenvalue weighted by Gasteiger charge is 2.25. The third-order valence-corrected chi connectivity index (χ3v) is 4.92. The Hall–Kier alpha value is -2.16. The maximum atomic E-state index is 12.2. The maximum Gasteiger partial charge on any atom is 0.164 e. The van der Waals surface area contributed by atoms with E-state index in [1.165, 1.54) is 11.1 Å². The van der Waals surface area contributed by atoms with Crippen LogP contribution in [0.25, 0.3) is 11.3 Å². The predicted octanol–water partition coefficient (Wildman–Crippen LogP) is 4.29. The molecule has 0 saturated heterocycles. The molecule has 1 aromatic carbocycles. The van der Waals surface area contributed by atoms with E-state index in [1.807, 2.05) is 12.1 Å². The Morgan fingerprint density at radius 1 is 1.09 bits per heavy atom. The number of hydrogen-bond acceptors (Lipinski definition) is 3. The molecule has 0 radical (unpaired) electrons. The molecule has 0 bridgehead atoms. The molecule has 0 amide bonds. The standard InChI is InChI=1S/C20H21NO2/c1-12-7-8-15(20-16(12)11-13(2)23-20)18-10-9-14-17(21-18)5-3-4-6-19(14)22/h7-10,13H,3-6,11H2,1-2H3. The zero-order valence-corrected chi connectivity index (χ0v) is 13.7. The van der Waals surface area contributed by atoms with Crippen molar-refractivity contribution < 1.29 is 9.53 Å². The quantitative estimate of drug-likeness (QED) is 0.738. The number of aryl methyl sites for hydroxylation is 2. The van der Waals surface area contributed by atoms with E-state index < -0.39 is 0 Å². The summed E-state index contributed by atoms with van der Waals surface area (Å²) in [7, 11) is 0. The van der Waals surface area contributed by atoms with Gasteiger partial charge in [0.05, 0.1) is 11.4 Å². The van der Waals surface area contributed by atoms with Crippen LogP contribution in [-0.2, 0) is 12.8 Å². The number of hydrogen-bond donors (Lipinski definition) is 0. The second-order valence-corrected chi connectivity index (χ2v) is 6.69. The minimum Gasteiger partial charge on any atom is -0.489 e. The lowest BCUT2D eigenvalue weighted by Gasteiger charge is -2.12. The highest BCUT2D eigenvalue weighted by Crippen LogP contribution is 2.40. The number of aromatic nitrogens is 1. The fourth-order valence-electron chi connectivity index (χ4n) is 3.66. The van der Waals surface area contributed by atoms with Gasteiger partial charge in [0.2, 0.25) is 0 Å². The first-order chi connectivity index (χ1) is 11.1. The van der Waals surface area contributed by atoms with Gasteiger partial charge >= 0.3 is 0 Å². The van der Waals surface area contributed by atoms with Crippen LogP contribution in [0.1, 0.15) is 53.4 Å². The van der Waals surface area contributed by atoms with E-state index in [4.69, 9.17) is 9.72 Å². The van der Waals surface area contributed by atoms with E-state index in [-0.39, 0.29) is 11.9 Å². The van der Waals surface area contributed by atoms with Gasteiger partial charge in [-0.3, -0.25) is 9.78 Å². The zero-order valence-electron chi connectivity index (χ0n) is 13.7. The number of rotatable bonds is 1. The number of carbonyl (C=O) groups is 1. The van der Waals surface area contributed by atoms with Crippen LogP contribution in [0.5, 0.6) is 5.75 Å². The van der Waals surface area contributed by atoms with Gasteiger partial charge in [-0.25, -0.2) is 0 Å². The summed E-state index contributed by atoms with van der Waals surface area (Å²) in [5.41, 5.74) is 6.30. The van der Waals surface area contributed by atoms with Crippen LogP contribution in [0.4, 0.5) is 0 Å². The molecule has 3 heteroatoms. The summed E-state index contributed by atoms with van der Waals surface area (Å²) in [6.45, 7) is 4.24. The molecule has 2 heterocycles. The minimum absolute atomic E-state index is 0.215. The largest absolute Gasteiger partial charge is 0.489 e. The molecule has 0 N–H and O–H groups in total. The second-order valence-electron chi connectivity index (χ2n) is 6.69. The molecule has 1 unspecified atom stereocenters. The van der Waals surface area contributed by atoms with Crippen molar-refractivity contribution in [1.82, 2.24) is 4.98 Å². The van der Waals surface area contributed by atoms with Crippen molar-refractivity contribution >= 4 is 5.78 Å². The molecular weight excluding hydrogens is 286 g/mol. The average molecular weight is 307 g/mol. The molecule has 2 aliphatic rings. The number of ether oxygens (including phenoxy) is 1. The number of nitrogens with zero attached hydrogens (tertiary/aromatic N) is 1. The van der Waals surface area contributed by atoms with Gasteiger partial charge < -0.3 is 4.74 Å². The van der Waals surface area contributed by atoms with E-state index in [2.05, 4.69) is 26.0 Å². The lowest BCUT2D eigenvalue weighted by molar-refractivity contribution is 0.0981. The van der Waals surface area contributed by atoms with Crippen LogP contribution in [0, 0.1) is 6.92 Å². The Balaban J connectivity index is 1.83. The van der Waals surface area contributed by atoms with E-state index >= 15 is 0 Å². The summed E-state index contributed by atoms with van der Waals surface area (Å²) >= 11 is 0. The Bertz CT molecular complexity index is 794. The summed E-state index contributed by atoms with van der Waals surface area (Å²) < 4.78 is 6.06. The van der Waals surface area contributed by atoms with Gasteiger partial charge in [0.25, 0.3) is 0 Å². The van der Waals surface area contributed by atoms with Crippen molar-refractivity contribution in [3.05, 3.63) is 46.6 Å². The third-order valence-electron chi connectivity index (χ3n) is 4.92. The van der Waals surface area contributed by atoms with Crippen LogP contribution in [0.15, 0.2) is 24.3 Å². The van der Waals surface area contributed by atoms with Gasteiger partial charge in [-0.2, -0.15) is 0 Å². The van der Waals surface area contributed by atoms with Crippen LogP contribution in [-0.4, -0.2) is 16.9 Å². The summed E-state index contributed by atoms with van der Waals surface area (Å²) in [5, 5.41) is 0. The second kappa shape index (κ2) is 5.48. The van der Waals surface area contributed by atoms with Crippen LogP contribution >= 0.6 is 0 Å². The van der Waals surface area contributed by atoms with Gasteiger partial charge in [0, 0.05) is 29.5 Å². The minimum atomic E-state index is 0.215. The number of carbonyl (C=O) groups excluding carboxylic acids is 1. The Morgan fingerprint density at radius 2 is 1.87 bits per heavy atom. The summed E-state index contributed by atoms with van der Waals surface area (Å²) in [5.74, 6) is 1.21. The predicted molar refractivity (Wildman–Crippen MR) is 90.1 cm³/mol. The Labute approximate surface area is 136 Å². The lowest BCUT2D eigenvalue weighted by atomic mass is 9.98. The van der Waals surface area contributed by atoms with Gasteiger partial charge in [-0.05, 0) is 56.9 Å². The first-order valence-corrected chi connectivity index (χ1v) is 8.46. The van der Waals surface area contributed by atoms with E-state index in [9.17, 15) is 4.79 Å². The monoisotopic (exact) mass is 307 g/mol. The normalized spacial score (nSPS) is 19.7. The number of pyridine rings is 1. The topological polar surface area (TPSA) is 39.2 Å². The molecule has 0 spiro atoms. The number of fused-ring (bicyclic) bond motifs is 2. The van der Waals surface area contributed by atoms with Crippen molar-refractivity contribution in [2.24, 2.45) is 0 Å². The average Bonchev–Trinajstić information content (AvgIpc) is 2.84. The number of ketones is 1. The molecule has 4 rings (SSSR count). The fraction of sp³-hybridized carbons (Fsp3) is 0.400. The SMILES string of the molecule is Cc1ccc(-c2ccc3c(n2)CCCCC3=O)c2c1CC(C)O2. The van der Waals surface area contributed by atoms with Gasteiger partial charge in [-0.15, -0.1) is 0 Å². The number of Topliss-reactive ketones (excluding diaryl/α,β-unsaturated/α-hetero) is 1. The van der Waals surface area contributed by atoms with Crippen LogP contribution < -0.4 is 4.74 Å². The highest BCUT2D eigenvalue weighted by atomic mass is 16.5. The molecule has 118 valence electrons. The molecule has 1 atom stereocenters. The van der Waals surface area contributed by atoms with Crippen molar-refractivity contribution in [3.8, 4) is 17.0 Å². The van der Waals surface area contributed by atoms with Gasteiger partial charge in [0.1, 0.15) is 11.9 Å².